The first-order valence-corrected chi connectivity index (χ1v) is 12.1. The van der Waals surface area contributed by atoms with Crippen LogP contribution in [-0.4, -0.2) is 11.5 Å². The van der Waals surface area contributed by atoms with Crippen LogP contribution >= 0.6 is 69.7 Å². The third-order valence-electron chi connectivity index (χ3n) is 3.48. The number of rotatable bonds is 0. The van der Waals surface area contributed by atoms with Crippen molar-refractivity contribution < 1.29 is 0 Å². The molecule has 3 aromatic rings. The molecule has 110 valence electrons. The fourth-order valence-electron chi connectivity index (χ4n) is 2.51. The average molecular weight is 395 g/mol. The van der Waals surface area contributed by atoms with Crippen LogP contribution < -0.4 is 3.85 Å². The minimum Gasteiger partial charge on any atom is -0.122 e. The van der Waals surface area contributed by atoms with E-state index in [9.17, 15) is 0 Å². The van der Waals surface area contributed by atoms with E-state index < -0.39 is 0 Å². The van der Waals surface area contributed by atoms with E-state index in [4.69, 9.17) is 0 Å². The second-order valence-corrected chi connectivity index (χ2v) is 12.2. The van der Waals surface area contributed by atoms with Gasteiger partial charge in [-0.3, -0.25) is 0 Å². The first-order valence-electron chi connectivity index (χ1n) is 6.86. The van der Waals surface area contributed by atoms with Crippen molar-refractivity contribution in [1.29, 1.82) is 0 Å². The van der Waals surface area contributed by atoms with E-state index in [1.165, 1.54) is 48.2 Å². The molecule has 0 amide bonds. The molecule has 5 rings (SSSR count). The van der Waals surface area contributed by atoms with Gasteiger partial charge in [0.15, 0.2) is 0 Å². The summed E-state index contributed by atoms with van der Waals surface area (Å²) in [7, 11) is 0. The van der Waals surface area contributed by atoms with Gasteiger partial charge in [0.25, 0.3) is 0 Å². The Morgan fingerprint density at radius 1 is 0.773 bits per heavy atom. The predicted octanol–water partition coefficient (Wildman–Crippen LogP) is 6.55. The maximum absolute atomic E-state index is 2.34. The molecule has 0 fully saturated rings. The molecule has 22 heavy (non-hydrogen) atoms. The number of hydrogen-bond acceptors (Lipinski definition) is 6. The van der Waals surface area contributed by atoms with Gasteiger partial charge >= 0.3 is 0 Å². The quantitative estimate of drug-likeness (QED) is 0.424. The van der Waals surface area contributed by atoms with E-state index in [1.54, 1.807) is 0 Å². The first kappa shape index (κ1) is 14.4. The van der Waals surface area contributed by atoms with Gasteiger partial charge < -0.3 is 0 Å². The lowest BCUT2D eigenvalue weighted by Crippen LogP contribution is -1.88. The predicted molar refractivity (Wildman–Crippen MR) is 112 cm³/mol. The van der Waals surface area contributed by atoms with E-state index in [0.29, 0.717) is 0 Å². The molecule has 0 unspecified atom stereocenters. The number of hydrogen-bond donors (Lipinski definition) is 0. The second-order valence-electron chi connectivity index (χ2n) is 4.87. The Kier molecular flexibility index (Phi) is 3.81. The Morgan fingerprint density at radius 3 is 2.36 bits per heavy atom. The van der Waals surface area contributed by atoms with E-state index in [1.807, 2.05) is 69.7 Å². The van der Waals surface area contributed by atoms with Gasteiger partial charge in [0.05, 0.1) is 17.4 Å². The molecule has 0 atom stereocenters. The van der Waals surface area contributed by atoms with Gasteiger partial charge in [-0.1, -0.05) is 53.9 Å². The zero-order valence-electron chi connectivity index (χ0n) is 11.3. The molecule has 2 aromatic carbocycles. The molecule has 2 aliphatic rings. The SMILES string of the molecule is c1ccc2cc3sc(=C4SC5=C(SCCS5)S4)sc3c2cc1. The van der Waals surface area contributed by atoms with Gasteiger partial charge in [-0.05, 0) is 11.5 Å². The van der Waals surface area contributed by atoms with Crippen molar-refractivity contribution in [1.82, 2.24) is 0 Å². The topological polar surface area (TPSA) is 0 Å². The van der Waals surface area contributed by atoms with Gasteiger partial charge in [-0.15, -0.1) is 46.2 Å². The van der Waals surface area contributed by atoms with Crippen LogP contribution in [0.3, 0.4) is 0 Å². The lowest BCUT2D eigenvalue weighted by atomic mass is 10.3. The Morgan fingerprint density at radius 2 is 1.55 bits per heavy atom. The maximum atomic E-state index is 2.34. The van der Waals surface area contributed by atoms with E-state index in [0.717, 1.165) is 0 Å². The Balaban J connectivity index is 1.68. The largest absolute Gasteiger partial charge is 0.122 e. The van der Waals surface area contributed by atoms with Crippen LogP contribution in [0.5, 0.6) is 0 Å². The van der Waals surface area contributed by atoms with E-state index >= 15 is 0 Å². The minimum absolute atomic E-state index is 1.26. The summed E-state index contributed by atoms with van der Waals surface area (Å²) < 4.78 is 8.92. The number of fused-ring (bicyclic) bond motifs is 3. The lowest BCUT2D eigenvalue weighted by Gasteiger charge is -2.08. The summed E-state index contributed by atoms with van der Waals surface area (Å²) in [6, 6.07) is 13.2. The molecule has 0 bridgehead atoms. The highest BCUT2D eigenvalue weighted by Gasteiger charge is 2.26. The Bertz CT molecular complexity index is 970. The zero-order chi connectivity index (χ0) is 14.5. The molecule has 0 N–H and O–H groups in total. The third kappa shape index (κ3) is 2.39. The smallest absolute Gasteiger partial charge is 0.101 e. The fourth-order valence-corrected chi connectivity index (χ4v) is 11.4. The summed E-state index contributed by atoms with van der Waals surface area (Å²) in [5.41, 5.74) is 0. The zero-order valence-corrected chi connectivity index (χ0v) is 16.2. The van der Waals surface area contributed by atoms with Crippen LogP contribution in [0, 0.1) is 0 Å². The molecular weight excluding hydrogens is 385 g/mol. The molecule has 1 aromatic heterocycles. The summed E-state index contributed by atoms with van der Waals surface area (Å²) in [6.45, 7) is 0. The van der Waals surface area contributed by atoms with Crippen molar-refractivity contribution in [2.75, 3.05) is 11.5 Å². The Hall–Kier alpha value is 0.0200. The summed E-state index contributed by atoms with van der Waals surface area (Å²) in [6.07, 6.45) is 0. The van der Waals surface area contributed by atoms with Crippen LogP contribution in [0.1, 0.15) is 0 Å². The highest BCUT2D eigenvalue weighted by molar-refractivity contribution is 8.46. The van der Waals surface area contributed by atoms with Gasteiger partial charge in [0.1, 0.15) is 3.85 Å². The maximum Gasteiger partial charge on any atom is 0.101 e. The second kappa shape index (κ2) is 5.83. The fraction of sp³-hybridized carbons (Fsp3) is 0.125. The monoisotopic (exact) mass is 394 g/mol. The van der Waals surface area contributed by atoms with Crippen molar-refractivity contribution in [3.63, 3.8) is 0 Å². The van der Waals surface area contributed by atoms with Gasteiger partial charge in [0, 0.05) is 21.6 Å². The van der Waals surface area contributed by atoms with Crippen LogP contribution in [-0.2, 0) is 0 Å². The standard InChI is InChI=1S/C16H10S6/c1-2-4-9-8-11-12(10(9)5-3-1)20-15(19-11)16-21-13-14(22-16)18-7-6-17-13/h1-5,8H,6-7H2. The van der Waals surface area contributed by atoms with E-state index in [-0.39, 0.29) is 0 Å². The molecule has 0 radical (unpaired) electrons. The Labute approximate surface area is 153 Å². The van der Waals surface area contributed by atoms with E-state index in [2.05, 4.69) is 36.4 Å². The molecule has 0 saturated carbocycles. The molecule has 0 saturated heterocycles. The van der Waals surface area contributed by atoms with Crippen molar-refractivity contribution in [2.45, 2.75) is 0 Å². The molecule has 0 spiro atoms. The highest BCUT2D eigenvalue weighted by Crippen LogP contribution is 2.60. The normalized spacial score (nSPS) is 18.5. The summed E-state index contributed by atoms with van der Waals surface area (Å²) in [4.78, 5) is 0. The summed E-state index contributed by atoms with van der Waals surface area (Å²) in [5, 5.41) is 2.75. The summed E-state index contributed by atoms with van der Waals surface area (Å²) >= 11 is 12.0. The van der Waals surface area contributed by atoms with Crippen LogP contribution in [0.15, 0.2) is 44.9 Å². The van der Waals surface area contributed by atoms with Crippen molar-refractivity contribution >= 4 is 94.1 Å². The molecular formula is C16H10S6. The molecule has 0 aliphatic carbocycles. The molecule has 3 heterocycles. The van der Waals surface area contributed by atoms with Crippen LogP contribution in [0.4, 0.5) is 0 Å². The molecule has 2 aliphatic heterocycles. The number of thioether (sulfide) groups is 4. The molecule has 6 heteroatoms. The first-order chi connectivity index (χ1) is 10.9. The third-order valence-corrected chi connectivity index (χ3v) is 12.4. The molecule has 0 nitrogen and oxygen atoms in total. The van der Waals surface area contributed by atoms with Crippen molar-refractivity contribution in [3.05, 3.63) is 48.7 Å². The summed E-state index contributed by atoms with van der Waals surface area (Å²) in [5.74, 6) is 2.51. The highest BCUT2D eigenvalue weighted by atomic mass is 32.3. The minimum atomic E-state index is 1.26. The van der Waals surface area contributed by atoms with Crippen LogP contribution in [0.2, 0.25) is 0 Å². The van der Waals surface area contributed by atoms with Crippen molar-refractivity contribution in [2.24, 2.45) is 0 Å². The van der Waals surface area contributed by atoms with Gasteiger partial charge in [-0.2, -0.15) is 0 Å². The van der Waals surface area contributed by atoms with Gasteiger partial charge in [-0.25, -0.2) is 0 Å². The van der Waals surface area contributed by atoms with Crippen LogP contribution in [0.25, 0.3) is 24.4 Å². The lowest BCUT2D eigenvalue weighted by molar-refractivity contribution is 1.56. The van der Waals surface area contributed by atoms with Crippen molar-refractivity contribution in [3.8, 4) is 0 Å². The van der Waals surface area contributed by atoms with Gasteiger partial charge in [0.2, 0.25) is 0 Å². The average Bonchev–Trinajstić information content (AvgIpc) is 3.16.